The van der Waals surface area contributed by atoms with E-state index in [0.29, 0.717) is 21.8 Å². The van der Waals surface area contributed by atoms with Gasteiger partial charge in [-0.1, -0.05) is 157 Å². The molecule has 2 amide bonds. The summed E-state index contributed by atoms with van der Waals surface area (Å²) >= 11 is 7.21. The molecule has 7 aromatic rings. The molecule has 19 heteroatoms. The summed E-state index contributed by atoms with van der Waals surface area (Å²) in [5.74, 6) is -2.09. The second-order valence-electron chi connectivity index (χ2n) is 16.1. The molecule has 0 aliphatic carbocycles. The van der Waals surface area contributed by atoms with Crippen molar-refractivity contribution in [3.05, 3.63) is 234 Å². The minimum Gasteiger partial charge on any atom is -0.448 e. The molecule has 9 rings (SSSR count). The van der Waals surface area contributed by atoms with E-state index in [-0.39, 0.29) is 46.7 Å². The van der Waals surface area contributed by atoms with Gasteiger partial charge in [-0.25, -0.2) is 14.9 Å². The number of esters is 1. The monoisotopic (exact) mass is 1000 g/mol. The van der Waals surface area contributed by atoms with E-state index in [0.717, 1.165) is 21.3 Å². The Balaban J connectivity index is 1.03. The molecule has 5 N–H and O–H groups in total. The zero-order valence-electron chi connectivity index (χ0n) is 37.9. The predicted molar refractivity (Wildman–Crippen MR) is 276 cm³/mol. The Kier molecular flexibility index (Phi) is 14.5. The number of nitrogens with zero attached hydrogens (tertiary/aromatic N) is 5. The van der Waals surface area contributed by atoms with E-state index < -0.39 is 52.0 Å². The number of benzene rings is 5. The number of rotatable bonds is 17. The number of nitrogens with one attached hydrogen (secondary N) is 3. The second kappa shape index (κ2) is 21.4. The summed E-state index contributed by atoms with van der Waals surface area (Å²) in [4.78, 5) is 80.1. The lowest BCUT2D eigenvalue weighted by Gasteiger charge is -2.49. The molecule has 2 aliphatic heterocycles. The zero-order valence-corrected chi connectivity index (χ0v) is 40.4. The Labute approximate surface area is 420 Å². The summed E-state index contributed by atoms with van der Waals surface area (Å²) in [6, 6.07) is 47.2. The number of thiol groups is 1. The van der Waals surface area contributed by atoms with Gasteiger partial charge >= 0.3 is 17.1 Å². The third kappa shape index (κ3) is 9.72. The van der Waals surface area contributed by atoms with E-state index in [1.165, 1.54) is 41.2 Å². The summed E-state index contributed by atoms with van der Waals surface area (Å²) in [6.45, 7) is -0.0278. The highest BCUT2D eigenvalue weighted by Gasteiger charge is 2.55. The predicted octanol–water partition coefficient (Wildman–Crippen LogP) is 6.06. The third-order valence-electron chi connectivity index (χ3n) is 11.8. The van der Waals surface area contributed by atoms with Crippen LogP contribution in [-0.4, -0.2) is 79.0 Å². The topological polar surface area (TPSA) is 216 Å². The van der Waals surface area contributed by atoms with Crippen molar-refractivity contribution in [1.29, 1.82) is 0 Å². The van der Waals surface area contributed by atoms with E-state index in [1.807, 2.05) is 152 Å². The van der Waals surface area contributed by atoms with Crippen molar-refractivity contribution in [2.24, 2.45) is 10.9 Å². The number of thioether (sulfide) groups is 1. The lowest BCUT2D eigenvalue weighted by Crippen LogP contribution is -2.71. The largest absolute Gasteiger partial charge is 0.448 e. The summed E-state index contributed by atoms with van der Waals surface area (Å²) < 4.78 is 7.40. The maximum Gasteiger partial charge on any atom is 0.356 e. The van der Waals surface area contributed by atoms with Gasteiger partial charge in [0.15, 0.2) is 22.8 Å². The fourth-order valence-electron chi connectivity index (χ4n) is 8.57. The Morgan fingerprint density at radius 1 is 0.873 bits per heavy atom. The number of hydrogen-bond acceptors (Lipinski definition) is 15. The number of fused-ring (bicyclic) bond motifs is 1. The average Bonchev–Trinajstić information content (AvgIpc) is 3.88. The Hall–Kier alpha value is -7.84. The fourth-order valence-corrected chi connectivity index (χ4v) is 11.0. The van der Waals surface area contributed by atoms with Gasteiger partial charge in [0, 0.05) is 29.1 Å². The van der Waals surface area contributed by atoms with Gasteiger partial charge in [-0.05, 0) is 39.5 Å². The standard InChI is InChI=1S/C52H45N9O7S3/c1-67-59-40(38-31-71-51(54-38)56-52(35-21-11-4-12-22-35,36-23-13-5-14-24-36)37-25-15-6-16-26-37)45(62)55-41-47(64)61-42(50(66)68-43(32-17-7-2-8-18-32)33-19-9-3-10-20-33)34(30-70-49(41)61)29-39(69)44-57-58-46(63)48(65)60(44)28-27-53/h2-26,29,31,41,43,49,69H,27-28,30,53H2,1H3,(H,54,56)(H,55,62)(H,58,63). The minimum absolute atomic E-state index is 0.0153. The molecule has 2 unspecified atom stereocenters. The van der Waals surface area contributed by atoms with Gasteiger partial charge in [0.1, 0.15) is 35.5 Å². The average molecular weight is 1000 g/mol. The molecule has 0 radical (unpaired) electrons. The molecule has 0 bridgehead atoms. The summed E-state index contributed by atoms with van der Waals surface area (Å²) in [6.07, 6.45) is 0.617. The number of aromatic amines is 1. The van der Waals surface area contributed by atoms with E-state index in [2.05, 4.69) is 38.6 Å². The maximum atomic E-state index is 14.8. The summed E-state index contributed by atoms with van der Waals surface area (Å²) in [5, 5.41) is 18.3. The van der Waals surface area contributed by atoms with Crippen molar-refractivity contribution in [2.75, 3.05) is 24.7 Å². The number of thiazole rings is 1. The van der Waals surface area contributed by atoms with E-state index in [4.69, 9.17) is 20.3 Å². The molecule has 4 heterocycles. The van der Waals surface area contributed by atoms with Crippen molar-refractivity contribution in [3.8, 4) is 0 Å². The molecule has 358 valence electrons. The Morgan fingerprint density at radius 2 is 1.42 bits per heavy atom. The molecule has 0 saturated carbocycles. The van der Waals surface area contributed by atoms with E-state index >= 15 is 0 Å². The van der Waals surface area contributed by atoms with Crippen LogP contribution in [0.3, 0.4) is 0 Å². The smallest absolute Gasteiger partial charge is 0.356 e. The van der Waals surface area contributed by atoms with Crippen molar-refractivity contribution >= 4 is 69.3 Å². The number of aromatic nitrogens is 4. The van der Waals surface area contributed by atoms with Crippen molar-refractivity contribution in [2.45, 2.75) is 29.6 Å². The number of allylic oxidation sites excluding steroid dienone is 1. The first kappa shape index (κ1) is 48.2. The molecule has 1 saturated heterocycles. The van der Waals surface area contributed by atoms with Gasteiger partial charge < -0.3 is 25.9 Å². The van der Waals surface area contributed by atoms with Crippen LogP contribution in [0, 0.1) is 0 Å². The molecule has 71 heavy (non-hydrogen) atoms. The van der Waals surface area contributed by atoms with Gasteiger partial charge in [0.25, 0.3) is 11.8 Å². The van der Waals surface area contributed by atoms with Crippen LogP contribution in [0.15, 0.2) is 189 Å². The van der Waals surface area contributed by atoms with Gasteiger partial charge in [-0.15, -0.1) is 35.7 Å². The fraction of sp³-hybridized carbons (Fsp3) is 0.154. The van der Waals surface area contributed by atoms with Crippen LogP contribution in [0.25, 0.3) is 4.91 Å². The van der Waals surface area contributed by atoms with Gasteiger partial charge in [-0.3, -0.25) is 28.6 Å². The molecular formula is C52H45N9O7S3. The first-order valence-corrected chi connectivity index (χ1v) is 24.6. The summed E-state index contributed by atoms with van der Waals surface area (Å²) in [7, 11) is 1.31. The third-order valence-corrected chi connectivity index (χ3v) is 14.2. The van der Waals surface area contributed by atoms with Crippen LogP contribution in [-0.2, 0) is 36.0 Å². The van der Waals surface area contributed by atoms with E-state index in [1.54, 1.807) is 5.38 Å². The quantitative estimate of drug-likeness (QED) is 0.0134. The highest BCUT2D eigenvalue weighted by Crippen LogP contribution is 2.44. The number of carbonyl (C=O) groups is 3. The molecule has 16 nitrogen and oxygen atoms in total. The summed E-state index contributed by atoms with van der Waals surface area (Å²) in [5.41, 5.74) is 7.46. The van der Waals surface area contributed by atoms with Crippen molar-refractivity contribution in [3.63, 3.8) is 0 Å². The Morgan fingerprint density at radius 3 is 1.96 bits per heavy atom. The number of oxime groups is 1. The molecule has 2 atom stereocenters. The highest BCUT2D eigenvalue weighted by atomic mass is 32.2. The normalized spacial score (nSPS) is 16.0. The van der Waals surface area contributed by atoms with Gasteiger partial charge in [0.05, 0.1) is 0 Å². The Bertz CT molecular complexity index is 3140. The van der Waals surface area contributed by atoms with Crippen LogP contribution < -0.4 is 27.5 Å². The number of carbonyl (C=O) groups excluding carboxylic acids is 3. The second-order valence-corrected chi connectivity index (χ2v) is 18.6. The number of β-lactam (4-membered cyclic amide) rings is 1. The van der Waals surface area contributed by atoms with Crippen molar-refractivity contribution < 1.29 is 24.0 Å². The number of anilines is 1. The first-order chi connectivity index (χ1) is 34.6. The van der Waals surface area contributed by atoms with Gasteiger partial charge in [0.2, 0.25) is 0 Å². The SMILES string of the molecule is CON=C(C(=O)NC1C(=O)N2C(C(=O)OC(c3ccccc3)c3ccccc3)=C(C=C(S)c3n[nH]c(=O)c(=O)n3CCN)CSC12)c1csc(NC(c2ccccc2)(c2ccccc2)c2ccccc2)n1. The van der Waals surface area contributed by atoms with Gasteiger partial charge in [-0.2, -0.15) is 5.10 Å². The molecule has 1 fully saturated rings. The molecule has 5 aromatic carbocycles. The number of H-pyrrole nitrogens is 1. The lowest BCUT2D eigenvalue weighted by atomic mass is 9.77. The van der Waals surface area contributed by atoms with Crippen molar-refractivity contribution in [1.82, 2.24) is 30.0 Å². The van der Waals surface area contributed by atoms with Crippen LogP contribution in [0.5, 0.6) is 0 Å². The number of amides is 2. The highest BCUT2D eigenvalue weighted by molar-refractivity contribution is 8.00. The molecular weight excluding hydrogens is 959 g/mol. The number of ether oxygens (including phenoxy) is 1. The first-order valence-electron chi connectivity index (χ1n) is 22.2. The van der Waals surface area contributed by atoms with Crippen LogP contribution in [0.2, 0.25) is 0 Å². The molecule has 2 aromatic heterocycles. The molecule has 2 aliphatic rings. The van der Waals surface area contributed by atoms with Crippen LogP contribution >= 0.6 is 35.7 Å². The van der Waals surface area contributed by atoms with Crippen LogP contribution in [0.1, 0.15) is 45.4 Å². The number of nitrogens with two attached hydrogens (primary N) is 1. The zero-order chi connectivity index (χ0) is 49.5. The minimum atomic E-state index is -1.12. The maximum absolute atomic E-state index is 14.8. The molecule has 0 spiro atoms. The van der Waals surface area contributed by atoms with Crippen LogP contribution in [0.4, 0.5) is 5.13 Å². The number of hydrogen-bond donors (Lipinski definition) is 5. The lowest BCUT2D eigenvalue weighted by molar-refractivity contribution is -0.154. The van der Waals surface area contributed by atoms with E-state index in [9.17, 15) is 24.0 Å².